The van der Waals surface area contributed by atoms with Gasteiger partial charge in [0.05, 0.1) is 14.2 Å². The highest BCUT2D eigenvalue weighted by Crippen LogP contribution is 2.48. The van der Waals surface area contributed by atoms with Crippen molar-refractivity contribution in [1.29, 1.82) is 0 Å². The third-order valence-electron chi connectivity index (χ3n) is 5.37. The third kappa shape index (κ3) is 4.36. The van der Waals surface area contributed by atoms with Crippen LogP contribution in [0.1, 0.15) is 25.3 Å². The first-order valence-electron chi connectivity index (χ1n) is 9.92. The Balaban J connectivity index is 1.61. The Morgan fingerprint density at radius 1 is 1.03 bits per heavy atom. The van der Waals surface area contributed by atoms with Gasteiger partial charge < -0.3 is 19.7 Å². The standard InChI is InChI=1S/C23H28N2O4/c1-4-25(18-8-6-5-7-9-18)22(27)23(13-14-23)21(26)24-15-12-17-10-11-19(28-2)20(16-17)29-3/h5-11,16H,4,12-15H2,1-3H3,(H,24,26). The van der Waals surface area contributed by atoms with Gasteiger partial charge in [0, 0.05) is 18.8 Å². The third-order valence-corrected chi connectivity index (χ3v) is 5.37. The monoisotopic (exact) mass is 396 g/mol. The summed E-state index contributed by atoms with van der Waals surface area (Å²) in [6, 6.07) is 15.2. The quantitative estimate of drug-likeness (QED) is 0.661. The molecule has 0 aromatic heterocycles. The van der Waals surface area contributed by atoms with Crippen molar-refractivity contribution in [1.82, 2.24) is 5.32 Å². The van der Waals surface area contributed by atoms with E-state index >= 15 is 0 Å². The first-order valence-corrected chi connectivity index (χ1v) is 9.92. The minimum Gasteiger partial charge on any atom is -0.493 e. The number of nitrogens with one attached hydrogen (secondary N) is 1. The maximum atomic E-state index is 13.1. The van der Waals surface area contributed by atoms with E-state index in [-0.39, 0.29) is 11.8 Å². The van der Waals surface area contributed by atoms with Crippen LogP contribution >= 0.6 is 0 Å². The van der Waals surface area contributed by atoms with Crippen LogP contribution in [0.25, 0.3) is 0 Å². The van der Waals surface area contributed by atoms with E-state index < -0.39 is 5.41 Å². The summed E-state index contributed by atoms with van der Waals surface area (Å²) >= 11 is 0. The van der Waals surface area contributed by atoms with Gasteiger partial charge in [-0.05, 0) is 56.0 Å². The lowest BCUT2D eigenvalue weighted by molar-refractivity contribution is -0.135. The van der Waals surface area contributed by atoms with Crippen LogP contribution in [0.5, 0.6) is 11.5 Å². The smallest absolute Gasteiger partial charge is 0.242 e. The minimum absolute atomic E-state index is 0.116. The van der Waals surface area contributed by atoms with Crippen molar-refractivity contribution in [3.8, 4) is 11.5 Å². The summed E-state index contributed by atoms with van der Waals surface area (Å²) in [4.78, 5) is 27.6. The molecule has 1 aliphatic carbocycles. The van der Waals surface area contributed by atoms with Crippen molar-refractivity contribution < 1.29 is 19.1 Å². The molecule has 1 saturated carbocycles. The minimum atomic E-state index is -0.927. The number of ether oxygens (including phenoxy) is 2. The molecule has 0 aliphatic heterocycles. The second-order valence-corrected chi connectivity index (χ2v) is 7.16. The van der Waals surface area contributed by atoms with E-state index in [2.05, 4.69) is 5.32 Å². The summed E-state index contributed by atoms with van der Waals surface area (Å²) in [5.41, 5.74) is 0.923. The Hall–Kier alpha value is -3.02. The average molecular weight is 396 g/mol. The van der Waals surface area contributed by atoms with E-state index in [1.165, 1.54) is 0 Å². The van der Waals surface area contributed by atoms with E-state index in [1.807, 2.05) is 55.5 Å². The Kier molecular flexibility index (Phi) is 6.42. The Bertz CT molecular complexity index is 862. The normalized spacial score (nSPS) is 14.0. The van der Waals surface area contributed by atoms with Gasteiger partial charge in [-0.1, -0.05) is 24.3 Å². The molecule has 2 aromatic carbocycles. The number of nitrogens with zero attached hydrogens (tertiary/aromatic N) is 1. The van der Waals surface area contributed by atoms with E-state index in [9.17, 15) is 9.59 Å². The van der Waals surface area contributed by atoms with E-state index in [0.29, 0.717) is 43.9 Å². The lowest BCUT2D eigenvalue weighted by Gasteiger charge is -2.26. The highest BCUT2D eigenvalue weighted by molar-refractivity contribution is 6.14. The van der Waals surface area contributed by atoms with Crippen LogP contribution in [0.2, 0.25) is 0 Å². The van der Waals surface area contributed by atoms with Gasteiger partial charge in [-0.3, -0.25) is 9.59 Å². The summed E-state index contributed by atoms with van der Waals surface area (Å²) in [5.74, 6) is 1.03. The number of benzene rings is 2. The Morgan fingerprint density at radius 3 is 2.31 bits per heavy atom. The second-order valence-electron chi connectivity index (χ2n) is 7.16. The predicted molar refractivity (Wildman–Crippen MR) is 112 cm³/mol. The SMILES string of the molecule is CCN(C(=O)C1(C(=O)NCCc2ccc(OC)c(OC)c2)CC1)c1ccccc1. The number of hydrogen-bond donors (Lipinski definition) is 1. The fraction of sp³-hybridized carbons (Fsp3) is 0.391. The summed E-state index contributed by atoms with van der Waals surface area (Å²) < 4.78 is 10.6. The van der Waals surface area contributed by atoms with Crippen molar-refractivity contribution in [2.45, 2.75) is 26.2 Å². The number of methoxy groups -OCH3 is 2. The first-order chi connectivity index (χ1) is 14.1. The molecule has 29 heavy (non-hydrogen) atoms. The molecular weight excluding hydrogens is 368 g/mol. The van der Waals surface area contributed by atoms with Gasteiger partial charge in [-0.2, -0.15) is 0 Å². The molecule has 0 unspecified atom stereocenters. The molecule has 0 radical (unpaired) electrons. The van der Waals surface area contributed by atoms with E-state index in [4.69, 9.17) is 9.47 Å². The highest BCUT2D eigenvalue weighted by atomic mass is 16.5. The molecule has 0 saturated heterocycles. The molecule has 1 fully saturated rings. The van der Waals surface area contributed by atoms with Crippen molar-refractivity contribution in [2.75, 3.05) is 32.2 Å². The summed E-state index contributed by atoms with van der Waals surface area (Å²) in [6.07, 6.45) is 1.83. The maximum absolute atomic E-state index is 13.1. The molecule has 2 aromatic rings. The number of carbonyl (C=O) groups excluding carboxylic acids is 2. The Labute approximate surface area is 171 Å². The fourth-order valence-electron chi connectivity index (χ4n) is 3.50. The number of hydrogen-bond acceptors (Lipinski definition) is 4. The van der Waals surface area contributed by atoms with Crippen LogP contribution in [0.4, 0.5) is 5.69 Å². The topological polar surface area (TPSA) is 67.9 Å². The largest absolute Gasteiger partial charge is 0.493 e. The molecule has 154 valence electrons. The fourth-order valence-corrected chi connectivity index (χ4v) is 3.50. The lowest BCUT2D eigenvalue weighted by atomic mass is 10.0. The van der Waals surface area contributed by atoms with Gasteiger partial charge >= 0.3 is 0 Å². The van der Waals surface area contributed by atoms with E-state index in [1.54, 1.807) is 19.1 Å². The van der Waals surface area contributed by atoms with Crippen molar-refractivity contribution in [3.05, 3.63) is 54.1 Å². The van der Waals surface area contributed by atoms with Crippen LogP contribution in [0, 0.1) is 5.41 Å². The summed E-state index contributed by atoms with van der Waals surface area (Å²) in [5, 5.41) is 2.95. The lowest BCUT2D eigenvalue weighted by Crippen LogP contribution is -2.45. The summed E-state index contributed by atoms with van der Waals surface area (Å²) in [7, 11) is 3.19. The molecule has 6 nitrogen and oxygen atoms in total. The van der Waals surface area contributed by atoms with Crippen molar-refractivity contribution in [3.63, 3.8) is 0 Å². The molecule has 2 amide bonds. The number of carbonyl (C=O) groups is 2. The first kappa shape index (κ1) is 20.7. The highest BCUT2D eigenvalue weighted by Gasteiger charge is 2.57. The van der Waals surface area contributed by atoms with Crippen molar-refractivity contribution in [2.24, 2.45) is 5.41 Å². The molecule has 0 bridgehead atoms. The van der Waals surface area contributed by atoms with Crippen LogP contribution in [0.3, 0.4) is 0 Å². The Morgan fingerprint density at radius 2 is 1.72 bits per heavy atom. The summed E-state index contributed by atoms with van der Waals surface area (Å²) in [6.45, 7) is 2.92. The molecule has 3 rings (SSSR count). The molecule has 1 aliphatic rings. The van der Waals surface area contributed by atoms with Crippen LogP contribution in [0.15, 0.2) is 48.5 Å². The molecule has 0 heterocycles. The van der Waals surface area contributed by atoms with Crippen LogP contribution in [-0.4, -0.2) is 39.1 Å². The number of rotatable bonds is 9. The number of anilines is 1. The maximum Gasteiger partial charge on any atom is 0.242 e. The zero-order valence-electron chi connectivity index (χ0n) is 17.2. The van der Waals surface area contributed by atoms with Gasteiger partial charge in [-0.15, -0.1) is 0 Å². The van der Waals surface area contributed by atoms with Crippen LogP contribution < -0.4 is 19.7 Å². The number of amides is 2. The predicted octanol–water partition coefficient (Wildman–Crippen LogP) is 3.20. The molecule has 1 N–H and O–H groups in total. The van der Waals surface area contributed by atoms with E-state index in [0.717, 1.165) is 11.3 Å². The average Bonchev–Trinajstić information content (AvgIpc) is 3.57. The van der Waals surface area contributed by atoms with Crippen molar-refractivity contribution >= 4 is 17.5 Å². The number of para-hydroxylation sites is 1. The zero-order chi connectivity index (χ0) is 20.9. The second kappa shape index (κ2) is 8.99. The van der Waals surface area contributed by atoms with Gasteiger partial charge in [0.2, 0.25) is 11.8 Å². The van der Waals surface area contributed by atoms with Gasteiger partial charge in [0.15, 0.2) is 11.5 Å². The molecule has 0 atom stereocenters. The van der Waals surface area contributed by atoms with Gasteiger partial charge in [0.25, 0.3) is 0 Å². The molecule has 0 spiro atoms. The van der Waals surface area contributed by atoms with Gasteiger partial charge in [-0.25, -0.2) is 0 Å². The molecule has 6 heteroatoms. The van der Waals surface area contributed by atoms with Crippen LogP contribution in [-0.2, 0) is 16.0 Å². The van der Waals surface area contributed by atoms with Gasteiger partial charge in [0.1, 0.15) is 5.41 Å². The zero-order valence-corrected chi connectivity index (χ0v) is 17.2. The molecular formula is C23H28N2O4.